The summed E-state index contributed by atoms with van der Waals surface area (Å²) in [6.07, 6.45) is 5.69. The topological polar surface area (TPSA) is 51.9 Å². The Labute approximate surface area is 172 Å². The monoisotopic (exact) mass is 406 g/mol. The van der Waals surface area contributed by atoms with Crippen molar-refractivity contribution in [3.8, 4) is 11.5 Å². The van der Waals surface area contributed by atoms with E-state index in [1.807, 2.05) is 59.6 Å². The summed E-state index contributed by atoms with van der Waals surface area (Å²) in [6.45, 7) is 1.79. The van der Waals surface area contributed by atoms with Crippen LogP contribution in [0, 0.1) is 12.7 Å². The fraction of sp³-hybridized carbons (Fsp3) is 0.0909. The highest BCUT2D eigenvalue weighted by Gasteiger charge is 2.24. The third kappa shape index (κ3) is 3.82. The van der Waals surface area contributed by atoms with Crippen LogP contribution in [0.5, 0.6) is 0 Å². The predicted molar refractivity (Wildman–Crippen MR) is 114 cm³/mol. The van der Waals surface area contributed by atoms with Crippen molar-refractivity contribution in [1.29, 1.82) is 0 Å². The van der Waals surface area contributed by atoms with Crippen LogP contribution < -0.4 is 5.32 Å². The summed E-state index contributed by atoms with van der Waals surface area (Å²) in [5, 5.41) is 7.54. The first kappa shape index (κ1) is 19.0. The average molecular weight is 406 g/mol. The second-order valence-electron chi connectivity index (χ2n) is 6.45. The molecule has 1 N–H and O–H groups in total. The van der Waals surface area contributed by atoms with E-state index in [0.29, 0.717) is 28.5 Å². The highest BCUT2D eigenvalue weighted by Crippen LogP contribution is 2.25. The normalized spacial score (nSPS) is 10.9. The number of nitrogens with one attached hydrogen (secondary N) is 1. The first-order valence-electron chi connectivity index (χ1n) is 9.01. The Morgan fingerprint density at radius 1 is 1.07 bits per heavy atom. The molecule has 0 fully saturated rings. The van der Waals surface area contributed by atoms with Crippen LogP contribution in [-0.2, 0) is 0 Å². The zero-order chi connectivity index (χ0) is 20.4. The molecule has 0 aliphatic carbocycles. The summed E-state index contributed by atoms with van der Waals surface area (Å²) in [5.74, 6) is 0.0160. The molecule has 0 spiro atoms. The maximum Gasteiger partial charge on any atom is 0.261 e. The average Bonchev–Trinajstić information content (AvgIpc) is 3.36. The predicted octanol–water partition coefficient (Wildman–Crippen LogP) is 5.08. The van der Waals surface area contributed by atoms with E-state index in [9.17, 15) is 9.18 Å². The zero-order valence-corrected chi connectivity index (χ0v) is 16.8. The second kappa shape index (κ2) is 7.97. The van der Waals surface area contributed by atoms with Gasteiger partial charge in [-0.15, -0.1) is 11.8 Å². The lowest BCUT2D eigenvalue weighted by Crippen LogP contribution is -2.16. The minimum atomic E-state index is -0.327. The molecule has 146 valence electrons. The number of nitrogens with zero attached hydrogens (tertiary/aromatic N) is 3. The molecule has 0 aliphatic heterocycles. The van der Waals surface area contributed by atoms with Crippen LogP contribution in [-0.4, -0.2) is 26.5 Å². The Bertz CT molecular complexity index is 1150. The number of aryl methyl sites for hydroxylation is 1. The standard InChI is InChI=1S/C22H19FN4OS/c1-15-20(21(28)24-17-6-5-7-19(14-17)29-2)22(26-12-3-4-13-26)27(25-15)18-10-8-16(23)9-11-18/h3-14H,1-2H3,(H,24,28). The molecule has 0 saturated heterocycles. The van der Waals surface area contributed by atoms with E-state index in [1.165, 1.54) is 12.1 Å². The molecule has 2 heterocycles. The molecule has 5 nitrogen and oxygen atoms in total. The van der Waals surface area contributed by atoms with E-state index in [0.717, 1.165) is 4.90 Å². The number of rotatable bonds is 5. The minimum absolute atomic E-state index is 0.252. The van der Waals surface area contributed by atoms with E-state index in [2.05, 4.69) is 10.4 Å². The molecule has 7 heteroatoms. The van der Waals surface area contributed by atoms with Gasteiger partial charge in [0.05, 0.1) is 11.4 Å². The van der Waals surface area contributed by atoms with Crippen molar-refractivity contribution in [2.45, 2.75) is 11.8 Å². The van der Waals surface area contributed by atoms with E-state index in [-0.39, 0.29) is 11.7 Å². The molecule has 0 radical (unpaired) electrons. The quantitative estimate of drug-likeness (QED) is 0.470. The molecular weight excluding hydrogens is 387 g/mol. The lowest BCUT2D eigenvalue weighted by atomic mass is 10.2. The summed E-state index contributed by atoms with van der Waals surface area (Å²) < 4.78 is 16.9. The van der Waals surface area contributed by atoms with Gasteiger partial charge in [-0.2, -0.15) is 5.10 Å². The zero-order valence-electron chi connectivity index (χ0n) is 16.0. The number of hydrogen-bond acceptors (Lipinski definition) is 3. The van der Waals surface area contributed by atoms with Gasteiger partial charge in [-0.3, -0.25) is 4.79 Å². The number of amides is 1. The number of carbonyl (C=O) groups excluding carboxylic acids is 1. The van der Waals surface area contributed by atoms with Gasteiger partial charge >= 0.3 is 0 Å². The SMILES string of the molecule is CSc1cccc(NC(=O)c2c(C)nn(-c3ccc(F)cc3)c2-n2cccc2)c1. The molecular formula is C22H19FN4OS. The van der Waals surface area contributed by atoms with E-state index in [1.54, 1.807) is 35.5 Å². The largest absolute Gasteiger partial charge is 0.322 e. The Morgan fingerprint density at radius 2 is 1.79 bits per heavy atom. The van der Waals surface area contributed by atoms with Crippen molar-refractivity contribution in [1.82, 2.24) is 14.3 Å². The number of carbonyl (C=O) groups is 1. The number of thioether (sulfide) groups is 1. The smallest absolute Gasteiger partial charge is 0.261 e. The van der Waals surface area contributed by atoms with Gasteiger partial charge in [-0.25, -0.2) is 9.07 Å². The Morgan fingerprint density at radius 3 is 2.48 bits per heavy atom. The third-order valence-electron chi connectivity index (χ3n) is 4.51. The summed E-state index contributed by atoms with van der Waals surface area (Å²) in [6, 6.07) is 17.5. The minimum Gasteiger partial charge on any atom is -0.322 e. The molecule has 29 heavy (non-hydrogen) atoms. The van der Waals surface area contributed by atoms with E-state index < -0.39 is 0 Å². The van der Waals surface area contributed by atoms with Crippen LogP contribution in [0.15, 0.2) is 78.0 Å². The van der Waals surface area contributed by atoms with Gasteiger partial charge in [0.15, 0.2) is 5.82 Å². The summed E-state index contributed by atoms with van der Waals surface area (Å²) in [4.78, 5) is 14.3. The van der Waals surface area contributed by atoms with Gasteiger partial charge in [0.1, 0.15) is 11.4 Å². The van der Waals surface area contributed by atoms with Crippen molar-refractivity contribution in [3.05, 3.63) is 90.1 Å². The molecule has 0 aliphatic rings. The second-order valence-corrected chi connectivity index (χ2v) is 7.33. The van der Waals surface area contributed by atoms with Gasteiger partial charge in [-0.05, 0) is 67.8 Å². The van der Waals surface area contributed by atoms with Gasteiger partial charge in [0, 0.05) is 23.0 Å². The van der Waals surface area contributed by atoms with Crippen LogP contribution in [0.4, 0.5) is 10.1 Å². The highest BCUT2D eigenvalue weighted by molar-refractivity contribution is 7.98. The third-order valence-corrected chi connectivity index (χ3v) is 5.24. The molecule has 4 aromatic rings. The Balaban J connectivity index is 1.80. The number of anilines is 1. The van der Waals surface area contributed by atoms with E-state index in [4.69, 9.17) is 0 Å². The number of benzene rings is 2. The molecule has 0 bridgehead atoms. The summed E-state index contributed by atoms with van der Waals surface area (Å²) in [7, 11) is 0. The lowest BCUT2D eigenvalue weighted by Gasteiger charge is -2.12. The fourth-order valence-corrected chi connectivity index (χ4v) is 3.61. The maximum atomic E-state index is 13.4. The van der Waals surface area contributed by atoms with Crippen molar-refractivity contribution in [3.63, 3.8) is 0 Å². The van der Waals surface area contributed by atoms with Crippen LogP contribution >= 0.6 is 11.8 Å². The van der Waals surface area contributed by atoms with Gasteiger partial charge in [-0.1, -0.05) is 6.07 Å². The molecule has 2 aromatic heterocycles. The van der Waals surface area contributed by atoms with Crippen molar-refractivity contribution in [2.24, 2.45) is 0 Å². The van der Waals surface area contributed by atoms with Crippen molar-refractivity contribution < 1.29 is 9.18 Å². The molecule has 1 amide bonds. The van der Waals surface area contributed by atoms with Crippen LogP contribution in [0.2, 0.25) is 0 Å². The highest BCUT2D eigenvalue weighted by atomic mass is 32.2. The molecule has 0 unspecified atom stereocenters. The molecule has 0 atom stereocenters. The molecule has 4 rings (SSSR count). The molecule has 0 saturated carbocycles. The van der Waals surface area contributed by atoms with Crippen molar-refractivity contribution in [2.75, 3.05) is 11.6 Å². The number of halogens is 1. The van der Waals surface area contributed by atoms with Gasteiger partial charge in [0.2, 0.25) is 0 Å². The number of hydrogen-bond donors (Lipinski definition) is 1. The first-order chi connectivity index (χ1) is 14.1. The summed E-state index contributed by atoms with van der Waals surface area (Å²) in [5.41, 5.74) is 2.42. The Kier molecular flexibility index (Phi) is 5.22. The molecule has 2 aromatic carbocycles. The Hall–Kier alpha value is -3.32. The van der Waals surface area contributed by atoms with Gasteiger partial charge in [0.25, 0.3) is 5.91 Å². The van der Waals surface area contributed by atoms with Gasteiger partial charge < -0.3 is 9.88 Å². The van der Waals surface area contributed by atoms with Crippen LogP contribution in [0.25, 0.3) is 11.5 Å². The first-order valence-corrected chi connectivity index (χ1v) is 10.2. The van der Waals surface area contributed by atoms with Crippen LogP contribution in [0.1, 0.15) is 16.1 Å². The van der Waals surface area contributed by atoms with Crippen LogP contribution in [0.3, 0.4) is 0 Å². The number of aromatic nitrogens is 3. The lowest BCUT2D eigenvalue weighted by molar-refractivity contribution is 0.102. The van der Waals surface area contributed by atoms with Crippen molar-refractivity contribution >= 4 is 23.4 Å². The maximum absolute atomic E-state index is 13.4. The van der Waals surface area contributed by atoms with E-state index >= 15 is 0 Å². The summed E-state index contributed by atoms with van der Waals surface area (Å²) >= 11 is 1.61. The fourth-order valence-electron chi connectivity index (χ4n) is 3.15.